The van der Waals surface area contributed by atoms with Crippen LogP contribution >= 0.6 is 0 Å². The first-order valence-corrected chi connectivity index (χ1v) is 12.7. The number of aromatic nitrogens is 1. The Hall–Kier alpha value is -3.91. The quantitative estimate of drug-likeness (QED) is 0.411. The van der Waals surface area contributed by atoms with Crippen molar-refractivity contribution in [2.75, 3.05) is 17.9 Å². The highest BCUT2D eigenvalue weighted by atomic mass is 32.2. The monoisotopic (exact) mass is 489 g/mol. The molecule has 0 aliphatic heterocycles. The molecule has 0 bridgehead atoms. The van der Waals surface area contributed by atoms with E-state index in [0.29, 0.717) is 24.2 Å². The highest BCUT2D eigenvalue weighted by Crippen LogP contribution is 2.29. The summed E-state index contributed by atoms with van der Waals surface area (Å²) in [5, 5.41) is 2.90. The van der Waals surface area contributed by atoms with Gasteiger partial charge in [0, 0.05) is 30.7 Å². The predicted octanol–water partition coefficient (Wildman–Crippen LogP) is 3.94. The Kier molecular flexibility index (Phi) is 6.75. The van der Waals surface area contributed by atoms with Gasteiger partial charge in [0.1, 0.15) is 5.56 Å². The summed E-state index contributed by atoms with van der Waals surface area (Å²) in [6, 6.07) is 19.6. The predicted molar refractivity (Wildman–Crippen MR) is 139 cm³/mol. The van der Waals surface area contributed by atoms with Crippen LogP contribution < -0.4 is 15.1 Å². The lowest BCUT2D eigenvalue weighted by Gasteiger charge is -2.23. The average molecular weight is 490 g/mol. The number of nitrogens with zero attached hydrogens (tertiary/aromatic N) is 1. The number of aryl methyl sites for hydroxylation is 2. The van der Waals surface area contributed by atoms with Crippen LogP contribution in [0.2, 0.25) is 0 Å². The smallest absolute Gasteiger partial charge is 0.264 e. The third kappa shape index (κ3) is 4.83. The van der Waals surface area contributed by atoms with Crippen LogP contribution in [0, 0.1) is 13.8 Å². The number of nitrogens with one attached hydrogen (secondary N) is 2. The van der Waals surface area contributed by atoms with Gasteiger partial charge in [-0.3, -0.25) is 13.9 Å². The lowest BCUT2D eigenvalue weighted by molar-refractivity contribution is 0.0953. The van der Waals surface area contributed by atoms with Gasteiger partial charge in [-0.05, 0) is 55.2 Å². The number of carbonyl (C=O) groups excluding carboxylic acids is 1. The highest BCUT2D eigenvalue weighted by Gasteiger charge is 2.25. The number of hydrogen-bond donors (Lipinski definition) is 2. The molecule has 0 radical (unpaired) electrons. The first kappa shape index (κ1) is 24.2. The van der Waals surface area contributed by atoms with E-state index in [4.69, 9.17) is 0 Å². The Labute approximate surface area is 204 Å². The van der Waals surface area contributed by atoms with E-state index in [1.54, 1.807) is 6.07 Å². The molecule has 0 aliphatic rings. The maximum absolute atomic E-state index is 13.4. The van der Waals surface area contributed by atoms with Crippen molar-refractivity contribution in [3.63, 3.8) is 0 Å². The molecule has 0 saturated heterocycles. The largest absolute Gasteiger partial charge is 0.360 e. The Morgan fingerprint density at radius 3 is 2.34 bits per heavy atom. The van der Waals surface area contributed by atoms with Crippen molar-refractivity contribution >= 4 is 32.5 Å². The van der Waals surface area contributed by atoms with Crippen LogP contribution in [0.5, 0.6) is 0 Å². The summed E-state index contributed by atoms with van der Waals surface area (Å²) < 4.78 is 28.1. The molecule has 7 nitrogen and oxygen atoms in total. The SMILES string of the molecule is Cc1cccc(C)c1N(C)S(=O)(=O)c1ccc2[nH]cc(C(=O)NCCc3ccccc3)c(=O)c2c1. The molecule has 1 aromatic heterocycles. The van der Waals surface area contributed by atoms with Gasteiger partial charge in [-0.1, -0.05) is 48.5 Å². The van der Waals surface area contributed by atoms with Crippen LogP contribution in [0.25, 0.3) is 10.9 Å². The van der Waals surface area contributed by atoms with Crippen LogP contribution in [0.4, 0.5) is 5.69 Å². The van der Waals surface area contributed by atoms with Gasteiger partial charge < -0.3 is 10.3 Å². The number of fused-ring (bicyclic) bond motifs is 1. The minimum absolute atomic E-state index is 0.0257. The Morgan fingerprint density at radius 2 is 1.66 bits per heavy atom. The molecule has 0 unspecified atom stereocenters. The Bertz CT molecular complexity index is 1540. The molecule has 1 heterocycles. The maximum atomic E-state index is 13.4. The fraction of sp³-hybridized carbons (Fsp3) is 0.185. The molecule has 8 heteroatoms. The van der Waals surface area contributed by atoms with Crippen molar-refractivity contribution in [3.8, 4) is 0 Å². The molecule has 4 aromatic rings. The average Bonchev–Trinajstić information content (AvgIpc) is 2.84. The van der Waals surface area contributed by atoms with E-state index in [2.05, 4.69) is 10.3 Å². The summed E-state index contributed by atoms with van der Waals surface area (Å²) in [7, 11) is -2.45. The van der Waals surface area contributed by atoms with Gasteiger partial charge in [0.15, 0.2) is 0 Å². The van der Waals surface area contributed by atoms with Crippen molar-refractivity contribution in [2.24, 2.45) is 0 Å². The van der Waals surface area contributed by atoms with Crippen molar-refractivity contribution < 1.29 is 13.2 Å². The van der Waals surface area contributed by atoms with E-state index in [1.807, 2.05) is 62.4 Å². The van der Waals surface area contributed by atoms with Crippen molar-refractivity contribution in [3.05, 3.63) is 105 Å². The van der Waals surface area contributed by atoms with Gasteiger partial charge in [-0.2, -0.15) is 0 Å². The first-order chi connectivity index (χ1) is 16.7. The third-order valence-corrected chi connectivity index (χ3v) is 7.81. The molecule has 0 atom stereocenters. The fourth-order valence-electron chi connectivity index (χ4n) is 4.17. The van der Waals surface area contributed by atoms with Crippen LogP contribution in [0.1, 0.15) is 27.0 Å². The molecular formula is C27H27N3O4S. The number of para-hydroxylation sites is 1. The number of amides is 1. The number of anilines is 1. The molecule has 0 aliphatic carbocycles. The molecule has 0 fully saturated rings. The second-order valence-corrected chi connectivity index (χ2v) is 10.4. The first-order valence-electron chi connectivity index (χ1n) is 11.2. The van der Waals surface area contributed by atoms with Gasteiger partial charge in [-0.25, -0.2) is 8.42 Å². The molecule has 0 spiro atoms. The van der Waals surface area contributed by atoms with E-state index < -0.39 is 21.4 Å². The molecule has 180 valence electrons. The molecular weight excluding hydrogens is 462 g/mol. The summed E-state index contributed by atoms with van der Waals surface area (Å²) in [5.41, 5.74) is 3.17. The zero-order chi connectivity index (χ0) is 25.2. The van der Waals surface area contributed by atoms with E-state index >= 15 is 0 Å². The van der Waals surface area contributed by atoms with Crippen molar-refractivity contribution in [1.82, 2.24) is 10.3 Å². The summed E-state index contributed by atoms with van der Waals surface area (Å²) in [4.78, 5) is 28.7. The van der Waals surface area contributed by atoms with E-state index in [0.717, 1.165) is 16.7 Å². The second-order valence-electron chi connectivity index (χ2n) is 8.44. The zero-order valence-electron chi connectivity index (χ0n) is 19.8. The Balaban J connectivity index is 1.64. The lowest BCUT2D eigenvalue weighted by Crippen LogP contribution is -2.31. The summed E-state index contributed by atoms with van der Waals surface area (Å²) in [6.07, 6.45) is 1.99. The van der Waals surface area contributed by atoms with Crippen LogP contribution in [0.15, 0.2) is 82.6 Å². The van der Waals surface area contributed by atoms with Gasteiger partial charge in [-0.15, -0.1) is 0 Å². The van der Waals surface area contributed by atoms with Crippen molar-refractivity contribution in [2.45, 2.75) is 25.2 Å². The number of sulfonamides is 1. The zero-order valence-corrected chi connectivity index (χ0v) is 20.6. The topological polar surface area (TPSA) is 99.3 Å². The second kappa shape index (κ2) is 9.76. The summed E-state index contributed by atoms with van der Waals surface area (Å²) >= 11 is 0. The van der Waals surface area contributed by atoms with Gasteiger partial charge in [0.2, 0.25) is 5.43 Å². The minimum Gasteiger partial charge on any atom is -0.360 e. The van der Waals surface area contributed by atoms with Crippen LogP contribution in [0.3, 0.4) is 0 Å². The van der Waals surface area contributed by atoms with E-state index in [9.17, 15) is 18.0 Å². The van der Waals surface area contributed by atoms with Gasteiger partial charge in [0.25, 0.3) is 15.9 Å². The summed E-state index contributed by atoms with van der Waals surface area (Å²) in [5.74, 6) is -0.509. The van der Waals surface area contributed by atoms with Crippen LogP contribution in [-0.2, 0) is 16.4 Å². The van der Waals surface area contributed by atoms with E-state index in [1.165, 1.54) is 29.7 Å². The number of pyridine rings is 1. The fourth-order valence-corrected chi connectivity index (χ4v) is 5.52. The van der Waals surface area contributed by atoms with Gasteiger partial charge >= 0.3 is 0 Å². The van der Waals surface area contributed by atoms with Gasteiger partial charge in [0.05, 0.1) is 10.6 Å². The molecule has 1 amide bonds. The number of benzene rings is 3. The van der Waals surface area contributed by atoms with Crippen molar-refractivity contribution in [1.29, 1.82) is 0 Å². The molecule has 2 N–H and O–H groups in total. The number of hydrogen-bond acceptors (Lipinski definition) is 4. The Morgan fingerprint density at radius 1 is 0.971 bits per heavy atom. The summed E-state index contributed by atoms with van der Waals surface area (Å²) in [6.45, 7) is 4.07. The van der Waals surface area contributed by atoms with Crippen LogP contribution in [-0.4, -0.2) is 32.9 Å². The normalized spacial score (nSPS) is 11.4. The maximum Gasteiger partial charge on any atom is 0.264 e. The lowest BCUT2D eigenvalue weighted by atomic mass is 10.1. The molecule has 4 rings (SSSR count). The van der Waals surface area contributed by atoms with E-state index in [-0.39, 0.29) is 15.8 Å². The number of carbonyl (C=O) groups is 1. The molecule has 3 aromatic carbocycles. The standard InChI is InChI=1S/C27H27N3O4S/c1-18-8-7-9-19(2)25(18)30(3)35(33,34)21-12-13-24-22(16-21)26(31)23(17-29-24)27(32)28-15-14-20-10-5-4-6-11-20/h4-13,16-17H,14-15H2,1-3H3,(H,28,32)(H,29,31). The highest BCUT2D eigenvalue weighted by molar-refractivity contribution is 7.92. The number of rotatable bonds is 7. The molecule has 35 heavy (non-hydrogen) atoms. The molecule has 0 saturated carbocycles. The minimum atomic E-state index is -3.94. The third-order valence-electron chi connectivity index (χ3n) is 6.05. The number of aromatic amines is 1. The number of H-pyrrole nitrogens is 1.